The number of hydrogen-bond donors (Lipinski definition) is 2. The summed E-state index contributed by atoms with van der Waals surface area (Å²) in [6.45, 7) is 2.47. The van der Waals surface area contributed by atoms with Crippen molar-refractivity contribution in [2.24, 2.45) is 10.9 Å². The highest BCUT2D eigenvalue weighted by Gasteiger charge is 2.31. The Hall–Kier alpha value is -4.49. The van der Waals surface area contributed by atoms with E-state index in [4.69, 9.17) is 15.3 Å². The topological polar surface area (TPSA) is 85.9 Å². The highest BCUT2D eigenvalue weighted by Crippen LogP contribution is 2.45. The van der Waals surface area contributed by atoms with E-state index >= 15 is 0 Å². The predicted molar refractivity (Wildman–Crippen MR) is 150 cm³/mol. The van der Waals surface area contributed by atoms with E-state index in [2.05, 4.69) is 17.4 Å². The van der Waals surface area contributed by atoms with Crippen LogP contribution in [0.4, 0.5) is 4.39 Å². The molecule has 2 atom stereocenters. The van der Waals surface area contributed by atoms with Crippen LogP contribution in [0.3, 0.4) is 0 Å². The molecule has 0 unspecified atom stereocenters. The van der Waals surface area contributed by atoms with Crippen LogP contribution >= 0.6 is 0 Å². The lowest BCUT2D eigenvalue weighted by Gasteiger charge is -2.32. The minimum absolute atomic E-state index is 0.00681. The van der Waals surface area contributed by atoms with E-state index in [0.29, 0.717) is 17.7 Å². The first-order chi connectivity index (χ1) is 18.9. The van der Waals surface area contributed by atoms with Gasteiger partial charge in [-0.25, -0.2) is 4.39 Å². The van der Waals surface area contributed by atoms with Crippen molar-refractivity contribution in [2.75, 3.05) is 14.2 Å². The van der Waals surface area contributed by atoms with Gasteiger partial charge in [0.25, 0.3) is 5.91 Å². The van der Waals surface area contributed by atoms with E-state index in [0.717, 1.165) is 38.9 Å². The number of nitrogens with two attached hydrogens (primary N) is 1. The van der Waals surface area contributed by atoms with Gasteiger partial charge in [0.15, 0.2) is 5.84 Å². The second-order valence-corrected chi connectivity index (χ2v) is 9.54. The molecule has 5 rings (SSSR count). The minimum Gasteiger partial charge on any atom is -0.397 e. The maximum Gasteiger partial charge on any atom is 0.251 e. The fourth-order valence-electron chi connectivity index (χ4n) is 5.20. The Morgan fingerprint density at radius 2 is 1.56 bits per heavy atom. The molecule has 1 amide bonds. The molecule has 39 heavy (non-hydrogen) atoms. The summed E-state index contributed by atoms with van der Waals surface area (Å²) < 4.78 is 20.4. The van der Waals surface area contributed by atoms with Crippen LogP contribution in [0.1, 0.15) is 62.7 Å². The number of ether oxygens (including phenoxy) is 1. The molecule has 0 aromatic heterocycles. The number of carbonyl (C=O) groups excluding carboxylic acids is 1. The highest BCUT2D eigenvalue weighted by molar-refractivity contribution is 5.97. The maximum absolute atomic E-state index is 14.5. The molecule has 3 N–H and O–H groups in total. The molecule has 0 aliphatic heterocycles. The Bertz CT molecular complexity index is 1550. The van der Waals surface area contributed by atoms with Gasteiger partial charge in [-0.2, -0.15) is 0 Å². The molecular weight excluding hydrogens is 493 g/mol. The third-order valence-electron chi connectivity index (χ3n) is 7.25. The van der Waals surface area contributed by atoms with Gasteiger partial charge in [0.1, 0.15) is 19.0 Å². The average molecular weight is 524 g/mol. The number of rotatable bonds is 7. The number of methoxy groups -OCH3 is 1. The van der Waals surface area contributed by atoms with E-state index in [1.807, 2.05) is 66.7 Å². The van der Waals surface area contributed by atoms with Gasteiger partial charge >= 0.3 is 0 Å². The largest absolute Gasteiger partial charge is 0.397 e. The molecule has 0 spiro atoms. The predicted octanol–water partition coefficient (Wildman–Crippen LogP) is 5.89. The van der Waals surface area contributed by atoms with Crippen LogP contribution < -0.4 is 11.1 Å². The number of amides is 1. The summed E-state index contributed by atoms with van der Waals surface area (Å²) in [7, 11) is 3.12. The summed E-state index contributed by atoms with van der Waals surface area (Å²) >= 11 is 0. The number of benzene rings is 4. The monoisotopic (exact) mass is 523 g/mol. The lowest BCUT2D eigenvalue weighted by molar-refractivity contribution is 0.0950. The van der Waals surface area contributed by atoms with E-state index in [-0.39, 0.29) is 29.6 Å². The lowest BCUT2D eigenvalue weighted by Crippen LogP contribution is -2.24. The van der Waals surface area contributed by atoms with E-state index in [9.17, 15) is 9.18 Å². The summed E-state index contributed by atoms with van der Waals surface area (Å²) in [5, 5.41) is 6.72. The number of nitrogens with zero attached hydrogens (tertiary/aromatic N) is 1. The normalized spacial score (nSPS) is 16.3. The number of nitrogens with one attached hydrogen (secondary N) is 1. The van der Waals surface area contributed by atoms with Crippen molar-refractivity contribution in [2.45, 2.75) is 25.5 Å². The van der Waals surface area contributed by atoms with Gasteiger partial charge in [-0.05, 0) is 51.6 Å². The first-order valence-electron chi connectivity index (χ1n) is 12.7. The molecule has 6 nitrogen and oxygen atoms in total. The molecule has 0 heterocycles. The van der Waals surface area contributed by atoms with Crippen LogP contribution in [0.25, 0.3) is 11.1 Å². The molecule has 4 aromatic rings. The van der Waals surface area contributed by atoms with Crippen LogP contribution in [0.2, 0.25) is 0 Å². The zero-order chi connectivity index (χ0) is 27.5. The molecule has 0 saturated carbocycles. The fraction of sp³-hybridized carbons (Fsp3) is 0.188. The molecule has 7 heteroatoms. The first kappa shape index (κ1) is 26.1. The highest BCUT2D eigenvalue weighted by atomic mass is 19.1. The smallest absolute Gasteiger partial charge is 0.251 e. The third-order valence-corrected chi connectivity index (χ3v) is 7.25. The summed E-state index contributed by atoms with van der Waals surface area (Å²) in [4.78, 5) is 17.8. The van der Waals surface area contributed by atoms with Gasteiger partial charge in [-0.3, -0.25) is 4.79 Å². The maximum atomic E-state index is 14.5. The van der Waals surface area contributed by atoms with Gasteiger partial charge in [0.05, 0.1) is 0 Å². The summed E-state index contributed by atoms with van der Waals surface area (Å²) in [6.07, 6.45) is -0.273. The summed E-state index contributed by atoms with van der Waals surface area (Å²) in [5.41, 5.74) is 13.6. The van der Waals surface area contributed by atoms with Gasteiger partial charge in [-0.15, -0.1) is 0 Å². The Balaban J connectivity index is 1.38. The fourth-order valence-corrected chi connectivity index (χ4v) is 5.20. The molecular formula is C32H30FN3O3. The Kier molecular flexibility index (Phi) is 7.43. The van der Waals surface area contributed by atoms with Crippen LogP contribution in [0, 0.1) is 5.82 Å². The standard InChI is InChI=1S/C32H30FN3O3/c1-19-27-16-22(24-6-4-5-7-29(24)33)12-14-25(27)30(38-2)26-15-13-23(17-28(19)26)32(37)35-18-20-8-10-21(11-9-20)31(34)36-39-3/h4-17,19,30H,18H2,1-3H3,(H2,34,36)(H,35,37)/t19-,30+/m1/s1. The lowest BCUT2D eigenvalue weighted by atomic mass is 9.76. The number of carbonyl (C=O) groups is 1. The van der Waals surface area contributed by atoms with Gasteiger partial charge in [0.2, 0.25) is 0 Å². The second-order valence-electron chi connectivity index (χ2n) is 9.54. The van der Waals surface area contributed by atoms with Crippen molar-refractivity contribution in [3.8, 4) is 11.1 Å². The van der Waals surface area contributed by atoms with Crippen molar-refractivity contribution in [3.63, 3.8) is 0 Å². The summed E-state index contributed by atoms with van der Waals surface area (Å²) in [6, 6.07) is 25.9. The minimum atomic E-state index is -0.273. The second kappa shape index (κ2) is 11.1. The number of halogens is 1. The van der Waals surface area contributed by atoms with Crippen molar-refractivity contribution in [3.05, 3.63) is 130 Å². The quantitative estimate of drug-likeness (QED) is 0.180. The third kappa shape index (κ3) is 5.13. The van der Waals surface area contributed by atoms with E-state index in [1.54, 1.807) is 19.2 Å². The average Bonchev–Trinajstić information content (AvgIpc) is 2.96. The molecule has 1 aliphatic rings. The zero-order valence-corrected chi connectivity index (χ0v) is 22.1. The first-order valence-corrected chi connectivity index (χ1v) is 12.7. The van der Waals surface area contributed by atoms with Crippen LogP contribution in [-0.4, -0.2) is 26.0 Å². The Morgan fingerprint density at radius 1 is 0.897 bits per heavy atom. The molecule has 4 aromatic carbocycles. The van der Waals surface area contributed by atoms with Crippen LogP contribution in [0.15, 0.2) is 90.1 Å². The summed E-state index contributed by atoms with van der Waals surface area (Å²) in [5.74, 6) is -0.153. The number of oxime groups is 1. The molecule has 1 aliphatic carbocycles. The van der Waals surface area contributed by atoms with Crippen molar-refractivity contribution in [1.29, 1.82) is 0 Å². The van der Waals surface area contributed by atoms with Crippen LogP contribution in [-0.2, 0) is 16.1 Å². The van der Waals surface area contributed by atoms with Crippen LogP contribution in [0.5, 0.6) is 0 Å². The SMILES string of the molecule is CON=C(N)c1ccc(CNC(=O)c2ccc3c(c2)[C@H](C)c2cc(-c4ccccc4F)ccc2[C@@H]3OC)cc1. The zero-order valence-electron chi connectivity index (χ0n) is 22.1. The number of hydrogen-bond acceptors (Lipinski definition) is 4. The molecule has 0 bridgehead atoms. The van der Waals surface area contributed by atoms with Gasteiger partial charge < -0.3 is 20.6 Å². The van der Waals surface area contributed by atoms with Gasteiger partial charge in [0, 0.05) is 36.3 Å². The molecule has 0 radical (unpaired) electrons. The Labute approximate surface area is 227 Å². The van der Waals surface area contributed by atoms with E-state index in [1.165, 1.54) is 13.2 Å². The van der Waals surface area contributed by atoms with Crippen molar-refractivity contribution >= 4 is 11.7 Å². The number of fused-ring (bicyclic) bond motifs is 2. The Morgan fingerprint density at radius 3 is 2.26 bits per heavy atom. The van der Waals surface area contributed by atoms with Crippen molar-refractivity contribution < 1.29 is 18.8 Å². The van der Waals surface area contributed by atoms with Crippen molar-refractivity contribution in [1.82, 2.24) is 5.32 Å². The molecule has 198 valence electrons. The van der Waals surface area contributed by atoms with Gasteiger partial charge in [-0.1, -0.05) is 78.8 Å². The number of amidine groups is 1. The molecule has 0 saturated heterocycles. The molecule has 0 fully saturated rings. The van der Waals surface area contributed by atoms with E-state index < -0.39 is 0 Å².